The molecule has 1 aromatic carbocycles. The van der Waals surface area contributed by atoms with Gasteiger partial charge in [0.2, 0.25) is 0 Å². The Morgan fingerprint density at radius 1 is 0.960 bits per heavy atom. The van der Waals surface area contributed by atoms with E-state index in [1.807, 2.05) is 37.4 Å². The van der Waals surface area contributed by atoms with Crippen LogP contribution in [0.3, 0.4) is 0 Å². The SMILES string of the molecule is CC(C)c1nn(C)cc1-c1ncnc2cc(-c3cnn(C)c3)ccc12. The monoisotopic (exact) mass is 332 g/mol. The molecule has 0 aliphatic rings. The van der Waals surface area contributed by atoms with Crippen LogP contribution in [0.5, 0.6) is 0 Å². The molecule has 25 heavy (non-hydrogen) atoms. The van der Waals surface area contributed by atoms with Gasteiger partial charge in [0.05, 0.1) is 23.1 Å². The molecule has 3 heterocycles. The first kappa shape index (κ1) is 15.5. The Balaban J connectivity index is 1.89. The van der Waals surface area contributed by atoms with E-state index in [0.717, 1.165) is 39.0 Å². The highest BCUT2D eigenvalue weighted by atomic mass is 15.3. The van der Waals surface area contributed by atoms with Crippen LogP contribution >= 0.6 is 0 Å². The first-order valence-electron chi connectivity index (χ1n) is 8.30. The number of fused-ring (bicyclic) bond motifs is 1. The van der Waals surface area contributed by atoms with Crippen LogP contribution in [-0.2, 0) is 14.1 Å². The molecule has 126 valence electrons. The predicted molar refractivity (Wildman–Crippen MR) is 98.0 cm³/mol. The fourth-order valence-corrected chi connectivity index (χ4v) is 3.14. The summed E-state index contributed by atoms with van der Waals surface area (Å²) >= 11 is 0. The third-order valence-electron chi connectivity index (χ3n) is 4.33. The minimum absolute atomic E-state index is 0.330. The second kappa shape index (κ2) is 5.81. The van der Waals surface area contributed by atoms with Crippen molar-refractivity contribution in [3.63, 3.8) is 0 Å². The third kappa shape index (κ3) is 2.69. The maximum Gasteiger partial charge on any atom is 0.116 e. The molecule has 0 amide bonds. The van der Waals surface area contributed by atoms with Crippen LogP contribution in [-0.4, -0.2) is 29.5 Å². The predicted octanol–water partition coefficient (Wildman–Crippen LogP) is 3.55. The summed E-state index contributed by atoms with van der Waals surface area (Å²) in [6.07, 6.45) is 7.52. The molecule has 0 bridgehead atoms. The van der Waals surface area contributed by atoms with Gasteiger partial charge in [-0.3, -0.25) is 9.36 Å². The van der Waals surface area contributed by atoms with Crippen molar-refractivity contribution < 1.29 is 0 Å². The van der Waals surface area contributed by atoms with Gasteiger partial charge < -0.3 is 0 Å². The van der Waals surface area contributed by atoms with E-state index in [-0.39, 0.29) is 0 Å². The van der Waals surface area contributed by atoms with Gasteiger partial charge in [-0.05, 0) is 23.6 Å². The van der Waals surface area contributed by atoms with Crippen LogP contribution in [0.25, 0.3) is 33.3 Å². The Morgan fingerprint density at radius 2 is 1.80 bits per heavy atom. The molecule has 0 saturated carbocycles. The van der Waals surface area contributed by atoms with Gasteiger partial charge >= 0.3 is 0 Å². The third-order valence-corrected chi connectivity index (χ3v) is 4.33. The van der Waals surface area contributed by atoms with E-state index in [2.05, 4.69) is 52.2 Å². The molecule has 0 aliphatic heterocycles. The highest BCUT2D eigenvalue weighted by molar-refractivity contribution is 5.94. The molecule has 6 nitrogen and oxygen atoms in total. The Morgan fingerprint density at radius 3 is 2.52 bits per heavy atom. The average Bonchev–Trinajstić information content (AvgIpc) is 3.19. The zero-order valence-corrected chi connectivity index (χ0v) is 14.8. The zero-order chi connectivity index (χ0) is 17.6. The van der Waals surface area contributed by atoms with Crippen molar-refractivity contribution in [1.29, 1.82) is 0 Å². The normalized spacial score (nSPS) is 11.6. The topological polar surface area (TPSA) is 61.4 Å². The van der Waals surface area contributed by atoms with Crippen molar-refractivity contribution in [1.82, 2.24) is 29.5 Å². The zero-order valence-electron chi connectivity index (χ0n) is 14.8. The summed E-state index contributed by atoms with van der Waals surface area (Å²) in [7, 11) is 3.86. The number of hydrogen-bond donors (Lipinski definition) is 0. The summed E-state index contributed by atoms with van der Waals surface area (Å²) in [6, 6.07) is 6.27. The minimum atomic E-state index is 0.330. The van der Waals surface area contributed by atoms with Gasteiger partial charge in [-0.1, -0.05) is 19.9 Å². The quantitative estimate of drug-likeness (QED) is 0.575. The summed E-state index contributed by atoms with van der Waals surface area (Å²) in [5.41, 5.74) is 6.15. The van der Waals surface area contributed by atoms with Crippen LogP contribution in [0.2, 0.25) is 0 Å². The van der Waals surface area contributed by atoms with Crippen molar-refractivity contribution >= 4 is 10.9 Å². The first-order chi connectivity index (χ1) is 12.0. The van der Waals surface area contributed by atoms with Crippen LogP contribution in [0.15, 0.2) is 43.1 Å². The molecule has 0 spiro atoms. The minimum Gasteiger partial charge on any atom is -0.275 e. The molecule has 0 atom stereocenters. The van der Waals surface area contributed by atoms with Crippen molar-refractivity contribution in [2.45, 2.75) is 19.8 Å². The van der Waals surface area contributed by atoms with Gasteiger partial charge in [-0.25, -0.2) is 9.97 Å². The van der Waals surface area contributed by atoms with Gasteiger partial charge in [0.1, 0.15) is 6.33 Å². The lowest BCUT2D eigenvalue weighted by atomic mass is 10.00. The first-order valence-corrected chi connectivity index (χ1v) is 8.30. The van der Waals surface area contributed by atoms with Gasteiger partial charge in [0.15, 0.2) is 0 Å². The van der Waals surface area contributed by atoms with Crippen LogP contribution in [0, 0.1) is 0 Å². The summed E-state index contributed by atoms with van der Waals surface area (Å²) in [5, 5.41) is 9.88. The molecule has 0 radical (unpaired) electrons. The van der Waals surface area contributed by atoms with Gasteiger partial charge in [-0.2, -0.15) is 10.2 Å². The number of benzene rings is 1. The van der Waals surface area contributed by atoms with E-state index in [1.54, 1.807) is 11.0 Å². The molecule has 4 rings (SSSR count). The molecule has 3 aromatic heterocycles. The standard InChI is InChI=1S/C19H20N6/c1-12(2)18-16(10-25(4)23-18)19-15-6-5-13(7-17(15)20-11-21-19)14-8-22-24(3)9-14/h5-12H,1-4H3. The smallest absolute Gasteiger partial charge is 0.116 e. The van der Waals surface area contributed by atoms with E-state index in [4.69, 9.17) is 0 Å². The van der Waals surface area contributed by atoms with E-state index in [9.17, 15) is 0 Å². The van der Waals surface area contributed by atoms with Crippen molar-refractivity contribution in [2.75, 3.05) is 0 Å². The van der Waals surface area contributed by atoms with E-state index >= 15 is 0 Å². The second-order valence-corrected chi connectivity index (χ2v) is 6.61. The van der Waals surface area contributed by atoms with Crippen molar-refractivity contribution in [3.8, 4) is 22.4 Å². The highest BCUT2D eigenvalue weighted by Crippen LogP contribution is 2.32. The number of rotatable bonds is 3. The van der Waals surface area contributed by atoms with E-state index in [1.165, 1.54) is 0 Å². The van der Waals surface area contributed by atoms with E-state index < -0.39 is 0 Å². The fraction of sp³-hybridized carbons (Fsp3) is 0.263. The molecular formula is C19H20N6. The maximum absolute atomic E-state index is 4.61. The Bertz CT molecular complexity index is 1060. The van der Waals surface area contributed by atoms with E-state index in [0.29, 0.717) is 5.92 Å². The number of aryl methyl sites for hydroxylation is 2. The lowest BCUT2D eigenvalue weighted by molar-refractivity contribution is 0.713. The number of hydrogen-bond acceptors (Lipinski definition) is 4. The summed E-state index contributed by atoms with van der Waals surface area (Å²) in [5.74, 6) is 0.330. The fourth-order valence-electron chi connectivity index (χ4n) is 3.14. The van der Waals surface area contributed by atoms with Gasteiger partial charge in [0.25, 0.3) is 0 Å². The average molecular weight is 332 g/mol. The van der Waals surface area contributed by atoms with Crippen molar-refractivity contribution in [3.05, 3.63) is 48.8 Å². The van der Waals surface area contributed by atoms with Crippen molar-refractivity contribution in [2.24, 2.45) is 14.1 Å². The second-order valence-electron chi connectivity index (χ2n) is 6.61. The van der Waals surface area contributed by atoms with Crippen LogP contribution < -0.4 is 0 Å². The van der Waals surface area contributed by atoms with Crippen LogP contribution in [0.1, 0.15) is 25.5 Å². The Hall–Kier alpha value is -3.02. The molecule has 0 N–H and O–H groups in total. The lowest BCUT2D eigenvalue weighted by Gasteiger charge is -2.08. The molecule has 4 aromatic rings. The molecule has 0 saturated heterocycles. The highest BCUT2D eigenvalue weighted by Gasteiger charge is 2.17. The molecule has 0 fully saturated rings. The van der Waals surface area contributed by atoms with Gasteiger partial charge in [-0.15, -0.1) is 0 Å². The molecular weight excluding hydrogens is 312 g/mol. The summed E-state index contributed by atoms with van der Waals surface area (Å²) in [6.45, 7) is 4.30. The number of nitrogens with zero attached hydrogens (tertiary/aromatic N) is 6. The Kier molecular flexibility index (Phi) is 3.60. The maximum atomic E-state index is 4.61. The van der Waals surface area contributed by atoms with Gasteiger partial charge in [0, 0.05) is 43.0 Å². The Labute approximate surface area is 146 Å². The molecule has 0 aliphatic carbocycles. The lowest BCUT2D eigenvalue weighted by Crippen LogP contribution is -1.95. The van der Waals surface area contributed by atoms with Crippen LogP contribution in [0.4, 0.5) is 0 Å². The largest absolute Gasteiger partial charge is 0.275 e. The number of aromatic nitrogens is 6. The molecule has 0 unspecified atom stereocenters. The molecule has 6 heteroatoms. The summed E-state index contributed by atoms with van der Waals surface area (Å²) < 4.78 is 3.65. The summed E-state index contributed by atoms with van der Waals surface area (Å²) in [4.78, 5) is 9.04.